The number of hydrogen-bond acceptors (Lipinski definition) is 6. The number of ether oxygens (including phenoxy) is 1. The average Bonchev–Trinajstić information content (AvgIpc) is 3.29. The average molecular weight is 432 g/mol. The van der Waals surface area contributed by atoms with Crippen LogP contribution >= 0.6 is 22.7 Å². The zero-order valence-electron chi connectivity index (χ0n) is 16.5. The molecule has 6 nitrogen and oxygen atoms in total. The molecule has 3 aromatic rings. The Morgan fingerprint density at radius 2 is 1.90 bits per heavy atom. The maximum Gasteiger partial charge on any atom is 0.264 e. The summed E-state index contributed by atoms with van der Waals surface area (Å²) < 4.78 is 8.64. The zero-order valence-corrected chi connectivity index (χ0v) is 18.1. The number of nitrogens with one attached hydrogen (secondary N) is 1. The Morgan fingerprint density at radius 1 is 1.10 bits per heavy atom. The SMILES string of the molecule is COCCCNC(=O)CN1CCN(C(=O)c2cc3sc4ccccc4c3s2)CC1. The van der Waals surface area contributed by atoms with Crippen LogP contribution in [-0.4, -0.2) is 74.6 Å². The Morgan fingerprint density at radius 3 is 2.69 bits per heavy atom. The highest BCUT2D eigenvalue weighted by atomic mass is 32.1. The third-order valence-electron chi connectivity index (χ3n) is 5.13. The second-order valence-electron chi connectivity index (χ2n) is 7.17. The van der Waals surface area contributed by atoms with Crippen molar-refractivity contribution >= 4 is 54.0 Å². The molecule has 0 bridgehead atoms. The molecule has 8 heteroatoms. The lowest BCUT2D eigenvalue weighted by atomic mass is 10.2. The molecule has 1 N–H and O–H groups in total. The number of methoxy groups -OCH3 is 1. The molecule has 4 rings (SSSR count). The van der Waals surface area contributed by atoms with Crippen molar-refractivity contribution in [1.82, 2.24) is 15.1 Å². The molecule has 0 radical (unpaired) electrons. The summed E-state index contributed by atoms with van der Waals surface area (Å²) >= 11 is 3.33. The van der Waals surface area contributed by atoms with Gasteiger partial charge in [0.25, 0.3) is 5.91 Å². The van der Waals surface area contributed by atoms with Crippen molar-refractivity contribution in [1.29, 1.82) is 0 Å². The quantitative estimate of drug-likeness (QED) is 0.584. The highest BCUT2D eigenvalue weighted by Gasteiger charge is 2.25. The van der Waals surface area contributed by atoms with E-state index < -0.39 is 0 Å². The van der Waals surface area contributed by atoms with Gasteiger partial charge >= 0.3 is 0 Å². The van der Waals surface area contributed by atoms with E-state index in [1.165, 1.54) is 19.5 Å². The number of hydrogen-bond donors (Lipinski definition) is 1. The minimum absolute atomic E-state index is 0.0336. The summed E-state index contributed by atoms with van der Waals surface area (Å²) in [5.41, 5.74) is 0. The first-order valence-corrected chi connectivity index (χ1v) is 11.5. The number of carbonyl (C=O) groups is 2. The van der Waals surface area contributed by atoms with Crippen LogP contribution in [0, 0.1) is 0 Å². The van der Waals surface area contributed by atoms with Gasteiger partial charge in [-0.2, -0.15) is 0 Å². The van der Waals surface area contributed by atoms with E-state index in [1.54, 1.807) is 29.8 Å². The summed E-state index contributed by atoms with van der Waals surface area (Å²) in [5, 5.41) is 4.15. The first kappa shape index (κ1) is 20.3. The first-order valence-electron chi connectivity index (χ1n) is 9.84. The summed E-state index contributed by atoms with van der Waals surface area (Å²) in [6, 6.07) is 10.4. The summed E-state index contributed by atoms with van der Waals surface area (Å²) in [4.78, 5) is 29.8. The highest BCUT2D eigenvalue weighted by Crippen LogP contribution is 2.39. The van der Waals surface area contributed by atoms with Crippen molar-refractivity contribution in [3.05, 3.63) is 35.2 Å². The number of nitrogens with zero attached hydrogens (tertiary/aromatic N) is 2. The third-order valence-corrected chi connectivity index (χ3v) is 7.54. The molecule has 0 atom stereocenters. The molecule has 1 aliphatic heterocycles. The number of piperazine rings is 1. The molecule has 1 aromatic carbocycles. The predicted molar refractivity (Wildman–Crippen MR) is 119 cm³/mol. The Labute approximate surface area is 178 Å². The van der Waals surface area contributed by atoms with Gasteiger partial charge in [-0.25, -0.2) is 0 Å². The maximum atomic E-state index is 13.0. The lowest BCUT2D eigenvalue weighted by Crippen LogP contribution is -2.51. The Kier molecular flexibility index (Phi) is 6.44. The molecule has 2 amide bonds. The standard InChI is InChI=1S/C21H25N3O3S2/c1-27-12-4-7-22-19(25)14-23-8-10-24(11-9-23)21(26)18-13-17-20(29-18)15-5-2-3-6-16(15)28-17/h2-3,5-6,13H,4,7-12,14H2,1H3,(H,22,25). The van der Waals surface area contributed by atoms with Gasteiger partial charge in [0.1, 0.15) is 0 Å². The van der Waals surface area contributed by atoms with E-state index in [1.807, 2.05) is 23.1 Å². The second kappa shape index (κ2) is 9.21. The molecular formula is C21H25N3O3S2. The fourth-order valence-corrected chi connectivity index (χ4v) is 6.07. The number of rotatable bonds is 7. The predicted octanol–water partition coefficient (Wildman–Crippen LogP) is 3.03. The van der Waals surface area contributed by atoms with E-state index in [0.29, 0.717) is 32.8 Å². The molecule has 3 heterocycles. The van der Waals surface area contributed by atoms with Crippen molar-refractivity contribution < 1.29 is 14.3 Å². The van der Waals surface area contributed by atoms with Crippen LogP contribution in [0.2, 0.25) is 0 Å². The number of fused-ring (bicyclic) bond motifs is 3. The smallest absolute Gasteiger partial charge is 0.264 e. The monoisotopic (exact) mass is 431 g/mol. The summed E-state index contributed by atoms with van der Waals surface area (Å²) in [7, 11) is 1.66. The normalized spacial score (nSPS) is 15.3. The number of thiophene rings is 2. The minimum atomic E-state index is 0.0336. The topological polar surface area (TPSA) is 61.9 Å². The fraction of sp³-hybridized carbons (Fsp3) is 0.429. The van der Waals surface area contributed by atoms with E-state index in [2.05, 4.69) is 22.3 Å². The van der Waals surface area contributed by atoms with Gasteiger partial charge in [-0.05, 0) is 18.6 Å². The van der Waals surface area contributed by atoms with Crippen molar-refractivity contribution in [3.8, 4) is 0 Å². The van der Waals surface area contributed by atoms with Gasteiger partial charge in [0.05, 0.1) is 16.1 Å². The van der Waals surface area contributed by atoms with Crippen LogP contribution in [0.5, 0.6) is 0 Å². The van der Waals surface area contributed by atoms with Crippen LogP contribution < -0.4 is 5.32 Å². The van der Waals surface area contributed by atoms with Crippen molar-refractivity contribution in [2.75, 3.05) is 53.0 Å². The van der Waals surface area contributed by atoms with Crippen molar-refractivity contribution in [3.63, 3.8) is 0 Å². The van der Waals surface area contributed by atoms with E-state index in [-0.39, 0.29) is 11.8 Å². The molecule has 0 unspecified atom stereocenters. The van der Waals surface area contributed by atoms with Crippen LogP contribution in [0.1, 0.15) is 16.1 Å². The molecule has 1 saturated heterocycles. The van der Waals surface area contributed by atoms with E-state index >= 15 is 0 Å². The summed E-state index contributed by atoms with van der Waals surface area (Å²) in [6.45, 7) is 4.42. The molecule has 0 saturated carbocycles. The number of carbonyl (C=O) groups excluding carboxylic acids is 2. The lowest BCUT2D eigenvalue weighted by molar-refractivity contribution is -0.122. The van der Waals surface area contributed by atoms with Gasteiger partial charge in [-0.1, -0.05) is 18.2 Å². The minimum Gasteiger partial charge on any atom is -0.385 e. The van der Waals surface area contributed by atoms with Crippen LogP contribution in [0.15, 0.2) is 30.3 Å². The number of amides is 2. The van der Waals surface area contributed by atoms with Gasteiger partial charge in [0.15, 0.2) is 0 Å². The molecule has 29 heavy (non-hydrogen) atoms. The Balaban J connectivity index is 1.31. The number of benzene rings is 1. The second-order valence-corrected chi connectivity index (χ2v) is 9.30. The molecule has 0 spiro atoms. The molecule has 154 valence electrons. The van der Waals surface area contributed by atoms with Crippen molar-refractivity contribution in [2.45, 2.75) is 6.42 Å². The highest BCUT2D eigenvalue weighted by molar-refractivity contribution is 7.33. The fourth-order valence-electron chi connectivity index (χ4n) is 3.57. The van der Waals surface area contributed by atoms with Crippen LogP contribution in [0.3, 0.4) is 0 Å². The Bertz CT molecular complexity index is 1010. The first-order chi connectivity index (χ1) is 14.2. The van der Waals surface area contributed by atoms with Crippen molar-refractivity contribution in [2.24, 2.45) is 0 Å². The zero-order chi connectivity index (χ0) is 20.2. The summed E-state index contributed by atoms with van der Waals surface area (Å²) in [6.07, 6.45) is 0.818. The van der Waals surface area contributed by atoms with Gasteiger partial charge in [0.2, 0.25) is 5.91 Å². The lowest BCUT2D eigenvalue weighted by Gasteiger charge is -2.34. The van der Waals surface area contributed by atoms with Gasteiger partial charge in [0, 0.05) is 61.2 Å². The van der Waals surface area contributed by atoms with Crippen LogP contribution in [0.4, 0.5) is 0 Å². The molecule has 0 aliphatic carbocycles. The summed E-state index contributed by atoms with van der Waals surface area (Å²) in [5.74, 6) is 0.136. The molecular weight excluding hydrogens is 406 g/mol. The van der Waals surface area contributed by atoms with Crippen LogP contribution in [0.25, 0.3) is 19.5 Å². The maximum absolute atomic E-state index is 13.0. The molecule has 1 fully saturated rings. The van der Waals surface area contributed by atoms with Crippen LogP contribution in [-0.2, 0) is 9.53 Å². The van der Waals surface area contributed by atoms with Gasteiger partial charge in [-0.15, -0.1) is 22.7 Å². The van der Waals surface area contributed by atoms with Gasteiger partial charge < -0.3 is 15.0 Å². The molecule has 1 aliphatic rings. The Hall–Kier alpha value is -2.00. The van der Waals surface area contributed by atoms with E-state index in [4.69, 9.17) is 4.74 Å². The van der Waals surface area contributed by atoms with E-state index in [9.17, 15) is 9.59 Å². The van der Waals surface area contributed by atoms with E-state index in [0.717, 1.165) is 24.4 Å². The third kappa shape index (κ3) is 4.61. The largest absolute Gasteiger partial charge is 0.385 e. The molecule has 2 aromatic heterocycles. The van der Waals surface area contributed by atoms with Gasteiger partial charge in [-0.3, -0.25) is 14.5 Å².